The average Bonchev–Trinajstić information content (AvgIpc) is 2.93. The van der Waals surface area contributed by atoms with Crippen LogP contribution in [0.2, 0.25) is 5.02 Å². The van der Waals surface area contributed by atoms with Gasteiger partial charge in [-0.1, -0.05) is 29.8 Å². The van der Waals surface area contributed by atoms with Gasteiger partial charge in [-0.3, -0.25) is 4.79 Å². The van der Waals surface area contributed by atoms with Crippen molar-refractivity contribution in [1.82, 2.24) is 4.57 Å². The second-order valence-corrected chi connectivity index (χ2v) is 5.66. The van der Waals surface area contributed by atoms with Crippen LogP contribution >= 0.6 is 11.6 Å². The van der Waals surface area contributed by atoms with Crippen molar-refractivity contribution in [1.29, 1.82) is 0 Å². The molecule has 0 aliphatic carbocycles. The van der Waals surface area contributed by atoms with Crippen LogP contribution in [0.3, 0.4) is 0 Å². The Morgan fingerprint density at radius 2 is 1.96 bits per heavy atom. The van der Waals surface area contributed by atoms with Crippen molar-refractivity contribution >= 4 is 40.1 Å². The molecule has 2 N–H and O–H groups in total. The summed E-state index contributed by atoms with van der Waals surface area (Å²) < 4.78 is 6.33. The number of carbonyl (C=O) groups is 2. The molecule has 0 spiro atoms. The zero-order valence-corrected chi connectivity index (χ0v) is 13.7. The Balaban J connectivity index is 2.21. The summed E-state index contributed by atoms with van der Waals surface area (Å²) in [5.74, 6) is -0.317. The highest BCUT2D eigenvalue weighted by molar-refractivity contribution is 6.31. The number of nitrogens with two attached hydrogens (primary N) is 1. The Kier molecular flexibility index (Phi) is 4.27. The molecule has 3 aromatic rings. The van der Waals surface area contributed by atoms with Gasteiger partial charge in [-0.2, -0.15) is 0 Å². The van der Waals surface area contributed by atoms with E-state index in [1.807, 2.05) is 0 Å². The summed E-state index contributed by atoms with van der Waals surface area (Å²) in [6, 6.07) is 13.3. The first-order chi connectivity index (χ1) is 11.5. The third kappa shape index (κ3) is 2.86. The van der Waals surface area contributed by atoms with Gasteiger partial charge in [0.2, 0.25) is 5.78 Å². The number of benzene rings is 2. The molecule has 1 heterocycles. The zero-order chi connectivity index (χ0) is 17.3. The van der Waals surface area contributed by atoms with E-state index in [-0.39, 0.29) is 18.1 Å². The van der Waals surface area contributed by atoms with Gasteiger partial charge in [-0.15, -0.1) is 0 Å². The lowest BCUT2D eigenvalue weighted by Gasteiger charge is -2.09. The molecule has 0 saturated heterocycles. The first-order valence-corrected chi connectivity index (χ1v) is 7.77. The first-order valence-electron chi connectivity index (χ1n) is 7.39. The summed E-state index contributed by atoms with van der Waals surface area (Å²) in [4.78, 5) is 25.2. The molecule has 6 heteroatoms. The highest BCUT2D eigenvalue weighted by Gasteiger charge is 2.22. The zero-order valence-electron chi connectivity index (χ0n) is 13.0. The van der Waals surface area contributed by atoms with Crippen LogP contribution in [0.4, 0.5) is 10.5 Å². The van der Waals surface area contributed by atoms with Crippen LogP contribution in [0, 0.1) is 0 Å². The molecular formula is C18H15ClN2O3. The van der Waals surface area contributed by atoms with E-state index in [1.165, 1.54) is 4.57 Å². The van der Waals surface area contributed by atoms with Crippen LogP contribution in [0.5, 0.6) is 0 Å². The van der Waals surface area contributed by atoms with Crippen LogP contribution in [0.1, 0.15) is 23.0 Å². The number of nitrogens with zero attached hydrogens (tertiary/aromatic N) is 1. The van der Waals surface area contributed by atoms with Gasteiger partial charge < -0.3 is 10.5 Å². The summed E-state index contributed by atoms with van der Waals surface area (Å²) >= 11 is 6.03. The van der Waals surface area contributed by atoms with Crippen molar-refractivity contribution < 1.29 is 14.3 Å². The number of halogens is 1. The monoisotopic (exact) mass is 342 g/mol. The third-order valence-electron chi connectivity index (χ3n) is 3.60. The van der Waals surface area contributed by atoms with Crippen molar-refractivity contribution in [3.8, 4) is 0 Å². The lowest BCUT2D eigenvalue weighted by atomic mass is 10.1. The third-order valence-corrected chi connectivity index (χ3v) is 3.83. The maximum absolute atomic E-state index is 12.9. The number of fused-ring (bicyclic) bond motifs is 1. The first kappa shape index (κ1) is 16.1. The van der Waals surface area contributed by atoms with Crippen molar-refractivity contribution in [2.24, 2.45) is 0 Å². The van der Waals surface area contributed by atoms with Gasteiger partial charge in [0.1, 0.15) is 5.69 Å². The molecule has 2 aromatic carbocycles. The van der Waals surface area contributed by atoms with Crippen molar-refractivity contribution in [3.05, 3.63) is 64.8 Å². The Bertz CT molecular complexity index is 947. The molecule has 5 nitrogen and oxygen atoms in total. The second-order valence-electron chi connectivity index (χ2n) is 5.22. The number of ether oxygens (including phenoxy) is 1. The summed E-state index contributed by atoms with van der Waals surface area (Å²) in [5, 5.41) is 1.19. The summed E-state index contributed by atoms with van der Waals surface area (Å²) in [5.41, 5.74) is 7.35. The normalized spacial score (nSPS) is 10.8. The molecule has 0 atom stereocenters. The number of rotatable bonds is 3. The minimum atomic E-state index is -0.623. The van der Waals surface area contributed by atoms with E-state index in [0.717, 1.165) is 5.39 Å². The predicted octanol–water partition coefficient (Wildman–Crippen LogP) is 4.11. The van der Waals surface area contributed by atoms with Crippen molar-refractivity contribution in [2.75, 3.05) is 12.3 Å². The van der Waals surface area contributed by atoms with Gasteiger partial charge >= 0.3 is 6.09 Å². The number of anilines is 1. The van der Waals surface area contributed by atoms with Crippen LogP contribution in [-0.2, 0) is 4.74 Å². The predicted molar refractivity (Wildman–Crippen MR) is 93.7 cm³/mol. The van der Waals surface area contributed by atoms with Crippen LogP contribution in [-0.4, -0.2) is 23.1 Å². The lowest BCUT2D eigenvalue weighted by molar-refractivity contribution is 0.102. The molecule has 0 aliphatic rings. The smallest absolute Gasteiger partial charge is 0.419 e. The molecule has 3 rings (SSSR count). The lowest BCUT2D eigenvalue weighted by Crippen LogP contribution is -2.19. The molecule has 0 unspecified atom stereocenters. The highest BCUT2D eigenvalue weighted by atomic mass is 35.5. The van der Waals surface area contributed by atoms with E-state index < -0.39 is 6.09 Å². The van der Waals surface area contributed by atoms with Gasteiger partial charge in [-0.05, 0) is 37.3 Å². The van der Waals surface area contributed by atoms with Crippen LogP contribution < -0.4 is 5.73 Å². The number of hydrogen-bond donors (Lipinski definition) is 1. The molecule has 0 radical (unpaired) electrons. The molecule has 0 bridgehead atoms. The molecule has 0 fully saturated rings. The quantitative estimate of drug-likeness (QED) is 0.574. The molecular weight excluding hydrogens is 328 g/mol. The van der Waals surface area contributed by atoms with E-state index in [9.17, 15) is 9.59 Å². The Morgan fingerprint density at radius 1 is 1.17 bits per heavy atom. The highest BCUT2D eigenvalue weighted by Crippen LogP contribution is 2.26. The van der Waals surface area contributed by atoms with Gasteiger partial charge in [0.25, 0.3) is 0 Å². The number of nitrogen functional groups attached to an aromatic ring is 1. The van der Waals surface area contributed by atoms with E-state index in [2.05, 4.69) is 0 Å². The van der Waals surface area contributed by atoms with Gasteiger partial charge in [0, 0.05) is 21.7 Å². The van der Waals surface area contributed by atoms with Crippen molar-refractivity contribution in [3.63, 3.8) is 0 Å². The molecule has 24 heavy (non-hydrogen) atoms. The fourth-order valence-electron chi connectivity index (χ4n) is 2.55. The average molecular weight is 343 g/mol. The van der Waals surface area contributed by atoms with Gasteiger partial charge in [0.15, 0.2) is 0 Å². The minimum Gasteiger partial charge on any atom is -0.449 e. The standard InChI is InChI=1S/C18H15ClN2O3/c1-2-24-18(23)21-15-10-13(19)7-6-11(15)9-16(21)17(22)12-4-3-5-14(20)8-12/h3-10H,2,20H2,1H3. The topological polar surface area (TPSA) is 74.3 Å². The SMILES string of the molecule is CCOC(=O)n1c(C(=O)c2cccc(N)c2)cc2ccc(Cl)cc21. The fraction of sp³-hybridized carbons (Fsp3) is 0.111. The fourth-order valence-corrected chi connectivity index (χ4v) is 2.72. The summed E-state index contributed by atoms with van der Waals surface area (Å²) in [6.45, 7) is 1.90. The Morgan fingerprint density at radius 3 is 2.67 bits per heavy atom. The molecule has 0 aliphatic heterocycles. The summed E-state index contributed by atoms with van der Waals surface area (Å²) in [6.07, 6.45) is -0.623. The Hall–Kier alpha value is -2.79. The maximum atomic E-state index is 12.9. The van der Waals surface area contributed by atoms with E-state index in [0.29, 0.717) is 21.8 Å². The van der Waals surface area contributed by atoms with E-state index in [1.54, 1.807) is 55.5 Å². The minimum absolute atomic E-state index is 0.199. The molecule has 0 saturated carbocycles. The largest absolute Gasteiger partial charge is 0.449 e. The number of ketones is 1. The van der Waals surface area contributed by atoms with Crippen LogP contribution in [0.25, 0.3) is 10.9 Å². The number of carbonyl (C=O) groups excluding carboxylic acids is 2. The second kappa shape index (κ2) is 6.37. The maximum Gasteiger partial charge on any atom is 0.419 e. The molecule has 122 valence electrons. The Labute approximate surface area is 143 Å². The van der Waals surface area contributed by atoms with Gasteiger partial charge in [-0.25, -0.2) is 9.36 Å². The van der Waals surface area contributed by atoms with E-state index >= 15 is 0 Å². The van der Waals surface area contributed by atoms with E-state index in [4.69, 9.17) is 22.1 Å². The van der Waals surface area contributed by atoms with Gasteiger partial charge in [0.05, 0.1) is 12.1 Å². The van der Waals surface area contributed by atoms with Crippen LogP contribution in [0.15, 0.2) is 48.5 Å². The molecule has 0 amide bonds. The molecule has 1 aromatic heterocycles. The number of aromatic nitrogens is 1. The summed E-state index contributed by atoms with van der Waals surface area (Å²) in [7, 11) is 0. The number of hydrogen-bond acceptors (Lipinski definition) is 4. The van der Waals surface area contributed by atoms with Crippen molar-refractivity contribution in [2.45, 2.75) is 6.92 Å².